The van der Waals surface area contributed by atoms with Crippen LogP contribution in [0.3, 0.4) is 0 Å². The van der Waals surface area contributed by atoms with E-state index in [2.05, 4.69) is 39.3 Å². The van der Waals surface area contributed by atoms with Crippen molar-refractivity contribution in [3.63, 3.8) is 0 Å². The number of benzene rings is 2. The lowest BCUT2D eigenvalue weighted by molar-refractivity contribution is 0.103. The predicted molar refractivity (Wildman–Crippen MR) is 117 cm³/mol. The summed E-state index contributed by atoms with van der Waals surface area (Å²) in [6.45, 7) is 14.7. The molecule has 0 radical (unpaired) electrons. The van der Waals surface area contributed by atoms with Gasteiger partial charge in [0, 0.05) is 17.7 Å². The molecule has 0 aliphatic heterocycles. The van der Waals surface area contributed by atoms with Gasteiger partial charge in [-0.05, 0) is 51.4 Å². The van der Waals surface area contributed by atoms with Gasteiger partial charge in [0.1, 0.15) is 5.75 Å². The quantitative estimate of drug-likeness (QED) is 0.415. The molecular formula is C20H30O4Si3. The van der Waals surface area contributed by atoms with Crippen molar-refractivity contribution in [3.8, 4) is 5.75 Å². The second-order valence-electron chi connectivity index (χ2n) is 8.62. The number of carbonyl (C=O) groups excluding carboxylic acids is 1. The fraction of sp³-hybridized carbons (Fsp3) is 0.350. The zero-order valence-corrected chi connectivity index (χ0v) is 20.3. The lowest BCUT2D eigenvalue weighted by Gasteiger charge is -2.37. The molecule has 0 fully saturated rings. The summed E-state index contributed by atoms with van der Waals surface area (Å²) in [5.74, 6) is 0.587. The molecule has 2 rings (SSSR count). The van der Waals surface area contributed by atoms with E-state index >= 15 is 0 Å². The highest BCUT2D eigenvalue weighted by Crippen LogP contribution is 2.26. The van der Waals surface area contributed by atoms with Crippen LogP contribution >= 0.6 is 0 Å². The molecule has 0 aromatic heterocycles. The van der Waals surface area contributed by atoms with Crippen molar-refractivity contribution in [2.75, 3.05) is 0 Å². The Hall–Kier alpha value is -1.52. The van der Waals surface area contributed by atoms with Crippen LogP contribution in [0.1, 0.15) is 15.9 Å². The molecule has 0 aliphatic rings. The molecule has 7 heteroatoms. The van der Waals surface area contributed by atoms with Gasteiger partial charge < -0.3 is 12.7 Å². The molecule has 0 spiro atoms. The molecule has 146 valence electrons. The smallest absolute Gasteiger partial charge is 0.502 e. The Kier molecular flexibility index (Phi) is 6.64. The molecule has 0 aliphatic carbocycles. The standard InChI is InChI=1S/C20H30O4Si3/c1-25(2,3)23-27(7,24-26(4,5)6)22-19-15-11-14-18(16-19)20(21)17-12-9-8-10-13-17/h8-16H,1-7H3. The Morgan fingerprint density at radius 2 is 1.22 bits per heavy atom. The normalized spacial score (nSPS) is 12.7. The molecule has 4 nitrogen and oxygen atoms in total. The molecule has 0 unspecified atom stereocenters. The minimum Gasteiger partial charge on any atom is -0.502 e. The molecule has 0 heterocycles. The first-order valence-corrected chi connectivity index (χ1v) is 18.2. The Morgan fingerprint density at radius 3 is 1.74 bits per heavy atom. The van der Waals surface area contributed by atoms with E-state index in [1.165, 1.54) is 0 Å². The zero-order valence-electron chi connectivity index (χ0n) is 17.3. The van der Waals surface area contributed by atoms with Crippen molar-refractivity contribution in [1.82, 2.24) is 0 Å². The van der Waals surface area contributed by atoms with Gasteiger partial charge >= 0.3 is 8.80 Å². The van der Waals surface area contributed by atoms with Gasteiger partial charge in [-0.3, -0.25) is 4.79 Å². The van der Waals surface area contributed by atoms with Crippen LogP contribution in [0, 0.1) is 0 Å². The van der Waals surface area contributed by atoms with Gasteiger partial charge in [-0.1, -0.05) is 42.5 Å². The molecule has 0 amide bonds. The van der Waals surface area contributed by atoms with E-state index in [1.54, 1.807) is 12.1 Å². The third-order valence-corrected chi connectivity index (χ3v) is 11.9. The highest BCUT2D eigenvalue weighted by Gasteiger charge is 2.45. The summed E-state index contributed by atoms with van der Waals surface area (Å²) in [5.41, 5.74) is 1.25. The summed E-state index contributed by atoms with van der Waals surface area (Å²) in [5, 5.41) is 0. The average molecular weight is 419 g/mol. The fourth-order valence-corrected chi connectivity index (χ4v) is 13.2. The average Bonchev–Trinajstić information content (AvgIpc) is 2.51. The van der Waals surface area contributed by atoms with Crippen molar-refractivity contribution in [2.24, 2.45) is 0 Å². The van der Waals surface area contributed by atoms with E-state index < -0.39 is 25.4 Å². The SMILES string of the molecule is C[Si](C)(C)O[Si](C)(Oc1cccc(C(=O)c2ccccc2)c1)O[Si](C)(C)C. The third kappa shape index (κ3) is 7.19. The van der Waals surface area contributed by atoms with Gasteiger partial charge in [0.25, 0.3) is 0 Å². The number of hydrogen-bond donors (Lipinski definition) is 0. The van der Waals surface area contributed by atoms with Crippen molar-refractivity contribution in [2.45, 2.75) is 45.8 Å². The van der Waals surface area contributed by atoms with Gasteiger partial charge in [0.05, 0.1) is 0 Å². The molecule has 0 N–H and O–H groups in total. The van der Waals surface area contributed by atoms with E-state index in [0.29, 0.717) is 16.9 Å². The topological polar surface area (TPSA) is 44.8 Å². The van der Waals surface area contributed by atoms with Crippen LogP contribution < -0.4 is 4.43 Å². The van der Waals surface area contributed by atoms with Gasteiger partial charge in [0.15, 0.2) is 22.4 Å². The van der Waals surface area contributed by atoms with Gasteiger partial charge in [-0.25, -0.2) is 0 Å². The van der Waals surface area contributed by atoms with E-state index in [0.717, 1.165) is 0 Å². The summed E-state index contributed by atoms with van der Waals surface area (Å²) in [6.07, 6.45) is 0. The number of hydrogen-bond acceptors (Lipinski definition) is 4. The molecule has 2 aromatic rings. The Balaban J connectivity index is 2.29. The summed E-state index contributed by atoms with van der Waals surface area (Å²) in [7, 11) is -6.62. The van der Waals surface area contributed by atoms with Crippen molar-refractivity contribution in [1.29, 1.82) is 0 Å². The van der Waals surface area contributed by atoms with Crippen molar-refractivity contribution in [3.05, 3.63) is 65.7 Å². The maximum atomic E-state index is 12.7. The van der Waals surface area contributed by atoms with E-state index in [1.807, 2.05) is 49.0 Å². The molecular weight excluding hydrogens is 388 g/mol. The Morgan fingerprint density at radius 1 is 0.704 bits per heavy atom. The third-order valence-electron chi connectivity index (χ3n) is 3.42. The Bertz CT molecular complexity index is 764. The zero-order chi connectivity index (χ0) is 20.3. The predicted octanol–water partition coefficient (Wildman–Crippen LogP) is 5.57. The highest BCUT2D eigenvalue weighted by molar-refractivity contribution is 6.85. The second-order valence-corrected chi connectivity index (χ2v) is 20.6. The molecule has 2 aromatic carbocycles. The second kappa shape index (κ2) is 8.24. The largest absolute Gasteiger partial charge is 0.541 e. The van der Waals surface area contributed by atoms with Crippen LogP contribution in [0.15, 0.2) is 54.6 Å². The van der Waals surface area contributed by atoms with Crippen LogP contribution in [0.2, 0.25) is 45.8 Å². The first kappa shape index (κ1) is 21.8. The molecule has 0 atom stereocenters. The summed E-state index contributed by atoms with van der Waals surface area (Å²) >= 11 is 0. The summed E-state index contributed by atoms with van der Waals surface area (Å²) in [6, 6.07) is 16.5. The van der Waals surface area contributed by atoms with Crippen molar-refractivity contribution >= 4 is 31.2 Å². The van der Waals surface area contributed by atoms with E-state index in [4.69, 9.17) is 12.7 Å². The maximum Gasteiger partial charge on any atom is 0.541 e. The minimum atomic E-state index is -2.89. The fourth-order valence-electron chi connectivity index (χ4n) is 2.85. The summed E-state index contributed by atoms with van der Waals surface area (Å²) in [4.78, 5) is 12.7. The number of carbonyl (C=O) groups is 1. The van der Waals surface area contributed by atoms with Crippen molar-refractivity contribution < 1.29 is 17.5 Å². The van der Waals surface area contributed by atoms with E-state index in [-0.39, 0.29) is 5.78 Å². The number of rotatable bonds is 8. The Labute approximate surface area is 166 Å². The monoisotopic (exact) mass is 418 g/mol. The first-order chi connectivity index (χ1) is 12.4. The highest BCUT2D eigenvalue weighted by atomic mass is 28.5. The van der Waals surface area contributed by atoms with Gasteiger partial charge in [0.2, 0.25) is 0 Å². The molecule has 27 heavy (non-hydrogen) atoms. The lowest BCUT2D eigenvalue weighted by Crippen LogP contribution is -2.56. The molecule has 0 saturated carbocycles. The number of ketones is 1. The maximum absolute atomic E-state index is 12.7. The van der Waals surface area contributed by atoms with Crippen LogP contribution in [0.25, 0.3) is 0 Å². The lowest BCUT2D eigenvalue weighted by atomic mass is 10.0. The summed E-state index contributed by atoms with van der Waals surface area (Å²) < 4.78 is 19.0. The van der Waals surface area contributed by atoms with Gasteiger partial charge in [-0.15, -0.1) is 0 Å². The van der Waals surface area contributed by atoms with Gasteiger partial charge in [-0.2, -0.15) is 0 Å². The minimum absolute atomic E-state index is 0.0263. The molecule has 0 bridgehead atoms. The van der Waals surface area contributed by atoms with Crippen LogP contribution in [-0.2, 0) is 8.23 Å². The van der Waals surface area contributed by atoms with Crippen LogP contribution in [-0.4, -0.2) is 31.2 Å². The van der Waals surface area contributed by atoms with Crippen LogP contribution in [0.4, 0.5) is 0 Å². The first-order valence-electron chi connectivity index (χ1n) is 9.16. The van der Waals surface area contributed by atoms with E-state index in [9.17, 15) is 4.79 Å². The molecule has 0 saturated heterocycles. The van der Waals surface area contributed by atoms with Crippen LogP contribution in [0.5, 0.6) is 5.75 Å².